The number of nitrogens with one attached hydrogen (secondary N) is 1. The third-order valence-corrected chi connectivity index (χ3v) is 7.50. The molecule has 1 aromatic carbocycles. The molecular weight excluding hydrogens is 516 g/mol. The molecule has 2 atom stereocenters. The summed E-state index contributed by atoms with van der Waals surface area (Å²) in [6.07, 6.45) is 10.1. The van der Waals surface area contributed by atoms with E-state index < -0.39 is 0 Å². The van der Waals surface area contributed by atoms with Gasteiger partial charge < -0.3 is 38.8 Å². The number of anilines is 3. The molecule has 0 aliphatic carbocycles. The van der Waals surface area contributed by atoms with Crippen molar-refractivity contribution in [1.82, 2.24) is 29.1 Å². The molecule has 212 valence electrons. The number of hydrogen-bond acceptors (Lipinski definition) is 11. The van der Waals surface area contributed by atoms with E-state index in [9.17, 15) is 5.11 Å². The predicted molar refractivity (Wildman–Crippen MR) is 148 cm³/mol. The molecule has 0 saturated carbocycles. The van der Waals surface area contributed by atoms with Crippen LogP contribution in [0.15, 0.2) is 31.0 Å². The largest absolute Gasteiger partial charge is 0.493 e. The van der Waals surface area contributed by atoms with E-state index in [0.717, 1.165) is 44.3 Å². The summed E-state index contributed by atoms with van der Waals surface area (Å²) in [5, 5.41) is 13.3. The second kappa shape index (κ2) is 11.2. The Morgan fingerprint density at radius 2 is 1.82 bits per heavy atom. The minimum atomic E-state index is -0.124. The predicted octanol–water partition coefficient (Wildman–Crippen LogP) is 3.44. The number of aliphatic hydroxyl groups is 1. The molecule has 4 aromatic rings. The van der Waals surface area contributed by atoms with Gasteiger partial charge in [-0.3, -0.25) is 4.57 Å². The Balaban J connectivity index is 1.37. The molecule has 6 rings (SSSR count). The lowest BCUT2D eigenvalue weighted by atomic mass is 10.2. The molecule has 2 fully saturated rings. The molecule has 2 saturated heterocycles. The number of imidazole rings is 2. The van der Waals surface area contributed by atoms with Crippen LogP contribution >= 0.6 is 0 Å². The molecule has 13 nitrogen and oxygen atoms in total. The Labute approximate surface area is 231 Å². The van der Waals surface area contributed by atoms with Gasteiger partial charge in [-0.25, -0.2) is 9.97 Å². The van der Waals surface area contributed by atoms with E-state index in [0.29, 0.717) is 52.6 Å². The van der Waals surface area contributed by atoms with Crippen LogP contribution in [-0.4, -0.2) is 81.3 Å². The molecular formula is C27H34N8O5. The molecule has 0 radical (unpaired) electrons. The second-order valence-corrected chi connectivity index (χ2v) is 9.86. The zero-order valence-electron chi connectivity index (χ0n) is 22.9. The van der Waals surface area contributed by atoms with E-state index in [1.807, 2.05) is 27.5 Å². The molecule has 0 amide bonds. The molecule has 5 heterocycles. The summed E-state index contributed by atoms with van der Waals surface area (Å²) in [5.74, 6) is 3.26. The van der Waals surface area contributed by atoms with Crippen molar-refractivity contribution in [3.05, 3.63) is 31.0 Å². The Bertz CT molecular complexity index is 1460. The Morgan fingerprint density at radius 3 is 2.52 bits per heavy atom. The SMILES string of the molecule is COc1cc(-n2cnc(Nc3nc(N4CCC[C@H]4CO)nc4c3ncn4C3CCCCO3)c2)cc(OC)c1OC. The third kappa shape index (κ3) is 4.75. The van der Waals surface area contributed by atoms with Crippen LogP contribution in [0.25, 0.3) is 16.9 Å². The summed E-state index contributed by atoms with van der Waals surface area (Å²) in [6.45, 7) is 1.54. The first-order valence-corrected chi connectivity index (χ1v) is 13.5. The fourth-order valence-electron chi connectivity index (χ4n) is 5.43. The fraction of sp³-hybridized carbons (Fsp3) is 0.481. The molecule has 1 unspecified atom stereocenters. The van der Waals surface area contributed by atoms with Gasteiger partial charge in [0.15, 0.2) is 28.5 Å². The van der Waals surface area contributed by atoms with Gasteiger partial charge in [-0.2, -0.15) is 9.97 Å². The van der Waals surface area contributed by atoms with Crippen LogP contribution in [-0.2, 0) is 4.74 Å². The maximum atomic E-state index is 9.96. The first kappa shape index (κ1) is 26.1. The van der Waals surface area contributed by atoms with Gasteiger partial charge in [-0.05, 0) is 32.1 Å². The van der Waals surface area contributed by atoms with Crippen molar-refractivity contribution >= 4 is 28.7 Å². The van der Waals surface area contributed by atoms with Crippen LogP contribution in [0, 0.1) is 0 Å². The van der Waals surface area contributed by atoms with Crippen molar-refractivity contribution < 1.29 is 24.1 Å². The highest BCUT2D eigenvalue weighted by Gasteiger charge is 2.29. The Hall–Kier alpha value is -4.10. The summed E-state index contributed by atoms with van der Waals surface area (Å²) >= 11 is 0. The quantitative estimate of drug-likeness (QED) is 0.317. The van der Waals surface area contributed by atoms with Crippen molar-refractivity contribution in [2.45, 2.75) is 44.4 Å². The number of aliphatic hydroxyl groups excluding tert-OH is 1. The lowest BCUT2D eigenvalue weighted by molar-refractivity contribution is -0.0298. The molecule has 2 aliphatic heterocycles. The normalized spacial score (nSPS) is 19.2. The fourth-order valence-corrected chi connectivity index (χ4v) is 5.43. The highest BCUT2D eigenvalue weighted by Crippen LogP contribution is 2.39. The van der Waals surface area contributed by atoms with E-state index in [2.05, 4.69) is 20.2 Å². The van der Waals surface area contributed by atoms with Crippen LogP contribution < -0.4 is 24.4 Å². The van der Waals surface area contributed by atoms with Gasteiger partial charge in [0.05, 0.1) is 52.2 Å². The standard InChI is InChI=1S/C27H34N8O5/c1-37-19-11-18(12-20(38-2)24(19)39-3)33-13-21(28-15-33)30-25-23-26(35(16-29-23)22-8-4-5-10-40-22)32-27(31-25)34-9-6-7-17(34)14-36/h11-13,15-17,22,36H,4-10,14H2,1-3H3,(H,30,31,32)/t17-,22?/m0/s1. The second-order valence-electron chi connectivity index (χ2n) is 9.86. The summed E-state index contributed by atoms with van der Waals surface area (Å²) in [6, 6.07) is 3.68. The van der Waals surface area contributed by atoms with Gasteiger partial charge in [0, 0.05) is 25.3 Å². The molecule has 2 aliphatic rings. The molecule has 0 bridgehead atoms. The number of nitrogens with zero attached hydrogens (tertiary/aromatic N) is 7. The van der Waals surface area contributed by atoms with E-state index in [1.165, 1.54) is 0 Å². The molecule has 40 heavy (non-hydrogen) atoms. The van der Waals surface area contributed by atoms with E-state index >= 15 is 0 Å². The Morgan fingerprint density at radius 1 is 1.00 bits per heavy atom. The van der Waals surface area contributed by atoms with Gasteiger partial charge in [0.2, 0.25) is 11.7 Å². The van der Waals surface area contributed by atoms with Crippen molar-refractivity contribution in [2.75, 3.05) is 51.3 Å². The van der Waals surface area contributed by atoms with Crippen LogP contribution in [0.4, 0.5) is 17.6 Å². The summed E-state index contributed by atoms with van der Waals surface area (Å²) in [4.78, 5) is 21.1. The number of aromatic nitrogens is 6. The van der Waals surface area contributed by atoms with Crippen LogP contribution in [0.5, 0.6) is 17.2 Å². The average Bonchev–Trinajstić information content (AvgIpc) is 3.76. The van der Waals surface area contributed by atoms with Gasteiger partial charge >= 0.3 is 0 Å². The monoisotopic (exact) mass is 550 g/mol. The van der Waals surface area contributed by atoms with Crippen LogP contribution in [0.1, 0.15) is 38.3 Å². The van der Waals surface area contributed by atoms with Crippen LogP contribution in [0.2, 0.25) is 0 Å². The smallest absolute Gasteiger partial charge is 0.229 e. The van der Waals surface area contributed by atoms with Gasteiger partial charge in [0.1, 0.15) is 18.4 Å². The van der Waals surface area contributed by atoms with Crippen molar-refractivity contribution in [3.8, 4) is 22.9 Å². The summed E-state index contributed by atoms with van der Waals surface area (Å²) in [5.41, 5.74) is 2.09. The number of hydrogen-bond donors (Lipinski definition) is 2. The van der Waals surface area contributed by atoms with Crippen LogP contribution in [0.3, 0.4) is 0 Å². The Kier molecular flexibility index (Phi) is 7.30. The summed E-state index contributed by atoms with van der Waals surface area (Å²) < 4.78 is 26.4. The first-order valence-electron chi connectivity index (χ1n) is 13.5. The van der Waals surface area contributed by atoms with Crippen molar-refractivity contribution in [2.24, 2.45) is 0 Å². The first-order chi connectivity index (χ1) is 19.6. The maximum absolute atomic E-state index is 9.96. The number of fused-ring (bicyclic) bond motifs is 1. The highest BCUT2D eigenvalue weighted by atomic mass is 16.5. The third-order valence-electron chi connectivity index (χ3n) is 7.50. The number of rotatable bonds is 9. The van der Waals surface area contributed by atoms with Gasteiger partial charge in [-0.1, -0.05) is 0 Å². The topological polar surface area (TPSA) is 134 Å². The van der Waals surface area contributed by atoms with E-state index in [4.69, 9.17) is 28.9 Å². The lowest BCUT2D eigenvalue weighted by Gasteiger charge is -2.25. The number of ether oxygens (including phenoxy) is 4. The van der Waals surface area contributed by atoms with Crippen molar-refractivity contribution in [1.29, 1.82) is 0 Å². The summed E-state index contributed by atoms with van der Waals surface area (Å²) in [7, 11) is 4.74. The number of benzene rings is 1. The van der Waals surface area contributed by atoms with E-state index in [1.54, 1.807) is 34.0 Å². The molecule has 3 aromatic heterocycles. The highest BCUT2D eigenvalue weighted by molar-refractivity contribution is 5.86. The van der Waals surface area contributed by atoms with Gasteiger partial charge in [-0.15, -0.1) is 0 Å². The molecule has 0 spiro atoms. The van der Waals surface area contributed by atoms with Gasteiger partial charge in [0.25, 0.3) is 0 Å². The maximum Gasteiger partial charge on any atom is 0.229 e. The minimum absolute atomic E-state index is 0.0214. The minimum Gasteiger partial charge on any atom is -0.493 e. The average molecular weight is 551 g/mol. The van der Waals surface area contributed by atoms with E-state index in [-0.39, 0.29) is 18.9 Å². The number of methoxy groups -OCH3 is 3. The molecule has 2 N–H and O–H groups in total. The van der Waals surface area contributed by atoms with Crippen molar-refractivity contribution in [3.63, 3.8) is 0 Å². The lowest BCUT2D eigenvalue weighted by Crippen LogP contribution is -2.33. The zero-order chi connectivity index (χ0) is 27.6. The molecule has 13 heteroatoms. The zero-order valence-corrected chi connectivity index (χ0v) is 22.9.